The topological polar surface area (TPSA) is 111 Å². The van der Waals surface area contributed by atoms with Gasteiger partial charge in [0.2, 0.25) is 0 Å². The third-order valence-corrected chi connectivity index (χ3v) is 5.72. The predicted molar refractivity (Wildman–Crippen MR) is 124 cm³/mol. The molecular weight excluding hydrogens is 478 g/mol. The Hall–Kier alpha value is -3.20. The normalized spacial score (nSPS) is 14.5. The predicted octanol–water partition coefficient (Wildman–Crippen LogP) is 4.59. The van der Waals surface area contributed by atoms with Crippen molar-refractivity contribution in [3.63, 3.8) is 0 Å². The van der Waals surface area contributed by atoms with E-state index in [-0.39, 0.29) is 23.0 Å². The fraction of sp³-hybridized carbons (Fsp3) is 0.304. The third kappa shape index (κ3) is 6.16. The number of carbonyl (C=O) groups excluding carboxylic acids is 2. The molecule has 0 radical (unpaired) electrons. The first kappa shape index (κ1) is 23.5. The van der Waals surface area contributed by atoms with Crippen molar-refractivity contribution in [2.45, 2.75) is 38.1 Å². The molecule has 1 aliphatic rings. The van der Waals surface area contributed by atoms with Gasteiger partial charge in [0, 0.05) is 22.6 Å². The second-order valence-corrected chi connectivity index (χ2v) is 8.43. The average Bonchev–Trinajstić information content (AvgIpc) is 2.79. The number of non-ortho nitro benzene ring substituents is 1. The lowest BCUT2D eigenvalue weighted by Gasteiger charge is -2.23. The lowest BCUT2D eigenvalue weighted by molar-refractivity contribution is -0.384. The zero-order valence-electron chi connectivity index (χ0n) is 17.6. The molecule has 0 aromatic heterocycles. The largest absolute Gasteiger partial charge is 0.496 e. The molecule has 1 aliphatic carbocycles. The van der Waals surface area contributed by atoms with E-state index < -0.39 is 16.7 Å². The van der Waals surface area contributed by atoms with Gasteiger partial charge in [-0.2, -0.15) is 0 Å². The molecule has 9 heteroatoms. The molecule has 32 heavy (non-hydrogen) atoms. The highest BCUT2D eigenvalue weighted by molar-refractivity contribution is 9.10. The van der Waals surface area contributed by atoms with Crippen LogP contribution in [0.2, 0.25) is 0 Å². The molecule has 8 nitrogen and oxygen atoms in total. The van der Waals surface area contributed by atoms with Gasteiger partial charge < -0.3 is 15.4 Å². The number of ether oxygens (including phenoxy) is 1. The van der Waals surface area contributed by atoms with Crippen LogP contribution in [0.3, 0.4) is 0 Å². The molecule has 0 unspecified atom stereocenters. The summed E-state index contributed by atoms with van der Waals surface area (Å²) in [6.07, 6.45) is 6.41. The van der Waals surface area contributed by atoms with E-state index in [0.29, 0.717) is 15.8 Å². The van der Waals surface area contributed by atoms with Gasteiger partial charge in [-0.25, -0.2) is 0 Å². The molecule has 2 N–H and O–H groups in total. The van der Waals surface area contributed by atoms with E-state index >= 15 is 0 Å². The van der Waals surface area contributed by atoms with Crippen LogP contribution in [0.5, 0.6) is 5.75 Å². The lowest BCUT2D eigenvalue weighted by atomic mass is 9.95. The number of hydrogen-bond acceptors (Lipinski definition) is 5. The Kier molecular flexibility index (Phi) is 7.99. The van der Waals surface area contributed by atoms with Gasteiger partial charge in [-0.05, 0) is 42.7 Å². The number of halogens is 1. The fourth-order valence-electron chi connectivity index (χ4n) is 3.61. The summed E-state index contributed by atoms with van der Waals surface area (Å²) in [6, 6.07) is 10.9. The van der Waals surface area contributed by atoms with Gasteiger partial charge in [0.05, 0.1) is 17.6 Å². The van der Waals surface area contributed by atoms with Gasteiger partial charge in [0.1, 0.15) is 11.4 Å². The molecule has 168 valence electrons. The van der Waals surface area contributed by atoms with Crippen molar-refractivity contribution >= 4 is 39.5 Å². The average molecular weight is 502 g/mol. The molecular formula is C23H24BrN3O5. The highest BCUT2D eigenvalue weighted by atomic mass is 79.9. The summed E-state index contributed by atoms with van der Waals surface area (Å²) >= 11 is 3.34. The van der Waals surface area contributed by atoms with Crippen LogP contribution in [0.4, 0.5) is 5.69 Å². The first-order chi connectivity index (χ1) is 15.4. The van der Waals surface area contributed by atoms with Gasteiger partial charge in [-0.15, -0.1) is 0 Å². The second kappa shape index (κ2) is 10.9. The van der Waals surface area contributed by atoms with Crippen LogP contribution in [-0.4, -0.2) is 29.9 Å². The Morgan fingerprint density at radius 2 is 1.91 bits per heavy atom. The zero-order chi connectivity index (χ0) is 23.1. The van der Waals surface area contributed by atoms with Crippen LogP contribution >= 0.6 is 15.9 Å². The highest BCUT2D eigenvalue weighted by Gasteiger charge is 2.22. The molecule has 1 fully saturated rings. The molecule has 0 bridgehead atoms. The molecule has 0 atom stereocenters. The Bertz CT molecular complexity index is 1050. The maximum absolute atomic E-state index is 13.1. The van der Waals surface area contributed by atoms with Crippen LogP contribution in [0.15, 0.2) is 52.6 Å². The Labute approximate surface area is 194 Å². The van der Waals surface area contributed by atoms with Gasteiger partial charge in [0.15, 0.2) is 0 Å². The Balaban J connectivity index is 1.92. The molecule has 0 aliphatic heterocycles. The van der Waals surface area contributed by atoms with Crippen molar-refractivity contribution in [2.75, 3.05) is 7.11 Å². The summed E-state index contributed by atoms with van der Waals surface area (Å²) in [7, 11) is 1.45. The first-order valence-corrected chi connectivity index (χ1v) is 11.1. The number of hydrogen-bond donors (Lipinski definition) is 2. The number of carbonyl (C=O) groups is 2. The summed E-state index contributed by atoms with van der Waals surface area (Å²) in [5, 5.41) is 16.8. The van der Waals surface area contributed by atoms with Crippen LogP contribution in [0, 0.1) is 10.1 Å². The Morgan fingerprint density at radius 3 is 2.59 bits per heavy atom. The van der Waals surface area contributed by atoms with Crippen molar-refractivity contribution in [3.05, 3.63) is 73.9 Å². The minimum atomic E-state index is -0.529. The number of nitrogens with one attached hydrogen (secondary N) is 2. The molecule has 2 amide bonds. The lowest BCUT2D eigenvalue weighted by Crippen LogP contribution is -2.41. The molecule has 2 aromatic carbocycles. The van der Waals surface area contributed by atoms with Gasteiger partial charge in [-0.3, -0.25) is 19.7 Å². The maximum Gasteiger partial charge on any atom is 0.270 e. The van der Waals surface area contributed by atoms with E-state index in [0.717, 1.165) is 32.1 Å². The smallest absolute Gasteiger partial charge is 0.270 e. The monoisotopic (exact) mass is 501 g/mol. The van der Waals surface area contributed by atoms with Crippen molar-refractivity contribution < 1.29 is 19.2 Å². The number of methoxy groups -OCH3 is 1. The van der Waals surface area contributed by atoms with Crippen LogP contribution in [0.25, 0.3) is 6.08 Å². The van der Waals surface area contributed by atoms with Crippen LogP contribution in [-0.2, 0) is 4.79 Å². The van der Waals surface area contributed by atoms with E-state index in [4.69, 9.17) is 4.74 Å². The Morgan fingerprint density at radius 1 is 1.16 bits per heavy atom. The molecule has 0 saturated heterocycles. The molecule has 0 heterocycles. The standard InChI is InChI=1S/C23H24BrN3O5/c1-32-21-11-10-16(24)14-19(21)22(28)26-20(23(29)25-17-7-3-2-4-8-17)13-15-6-5-9-18(12-15)27(30)31/h5-6,9-14,17H,2-4,7-8H2,1H3,(H,25,29)(H,26,28)/b20-13-. The van der Waals surface area contributed by atoms with E-state index in [1.165, 1.54) is 31.4 Å². The summed E-state index contributed by atoms with van der Waals surface area (Å²) in [5.74, 6) is -0.613. The van der Waals surface area contributed by atoms with Crippen LogP contribution in [0.1, 0.15) is 48.0 Å². The molecule has 2 aromatic rings. The van der Waals surface area contributed by atoms with E-state index in [2.05, 4.69) is 26.6 Å². The van der Waals surface area contributed by atoms with Crippen molar-refractivity contribution in [1.29, 1.82) is 0 Å². The van der Waals surface area contributed by atoms with Crippen LogP contribution < -0.4 is 15.4 Å². The van der Waals surface area contributed by atoms with E-state index in [1.54, 1.807) is 24.3 Å². The van der Waals surface area contributed by atoms with Gasteiger partial charge in [-0.1, -0.05) is 47.3 Å². The van der Waals surface area contributed by atoms with Crippen molar-refractivity contribution in [3.8, 4) is 5.75 Å². The van der Waals surface area contributed by atoms with E-state index in [1.807, 2.05) is 0 Å². The maximum atomic E-state index is 13.1. The number of nitrogens with zero attached hydrogens (tertiary/aromatic N) is 1. The SMILES string of the molecule is COc1ccc(Br)cc1C(=O)N/C(=C\c1cccc([N+](=O)[O-])c1)C(=O)NC1CCCCC1. The van der Waals surface area contributed by atoms with Crippen molar-refractivity contribution in [1.82, 2.24) is 10.6 Å². The number of rotatable bonds is 7. The highest BCUT2D eigenvalue weighted by Crippen LogP contribution is 2.24. The number of amides is 2. The minimum absolute atomic E-state index is 0.00287. The molecule has 3 rings (SSSR count). The number of nitro benzene ring substituents is 1. The second-order valence-electron chi connectivity index (χ2n) is 7.52. The number of nitro groups is 1. The minimum Gasteiger partial charge on any atom is -0.496 e. The first-order valence-electron chi connectivity index (χ1n) is 10.3. The third-order valence-electron chi connectivity index (χ3n) is 5.23. The van der Waals surface area contributed by atoms with Crippen molar-refractivity contribution in [2.24, 2.45) is 0 Å². The summed E-state index contributed by atoms with van der Waals surface area (Å²) in [5.41, 5.74) is 0.570. The summed E-state index contributed by atoms with van der Waals surface area (Å²) in [6.45, 7) is 0. The van der Waals surface area contributed by atoms with Gasteiger partial charge in [0.25, 0.3) is 17.5 Å². The van der Waals surface area contributed by atoms with Gasteiger partial charge >= 0.3 is 0 Å². The number of benzene rings is 2. The molecule has 1 saturated carbocycles. The van der Waals surface area contributed by atoms with E-state index in [9.17, 15) is 19.7 Å². The zero-order valence-corrected chi connectivity index (χ0v) is 19.2. The summed E-state index contributed by atoms with van der Waals surface area (Å²) < 4.78 is 5.95. The fourth-order valence-corrected chi connectivity index (χ4v) is 3.97. The quantitative estimate of drug-likeness (QED) is 0.327. The summed E-state index contributed by atoms with van der Waals surface area (Å²) in [4.78, 5) is 36.7. The molecule has 0 spiro atoms.